The second kappa shape index (κ2) is 3.63. The SMILES string of the molecule is CC1=C(c2cccc3ccccc23)C2C3C=CC(C3)C12. The molecule has 0 nitrogen and oxygen atoms in total. The standard InChI is InChI=1S/C20H18/c1-12-18-14-9-10-15(11-14)20(18)19(12)17-8-4-6-13-5-2-3-7-16(13)17/h2-10,14-15,18,20H,11H2,1H3. The quantitative estimate of drug-likeness (QED) is 0.627. The van der Waals surface area contributed by atoms with Crippen LogP contribution in [0, 0.1) is 23.7 Å². The van der Waals surface area contributed by atoms with Crippen LogP contribution in [0.25, 0.3) is 16.3 Å². The Balaban J connectivity index is 1.72. The van der Waals surface area contributed by atoms with Gasteiger partial charge in [-0.2, -0.15) is 0 Å². The van der Waals surface area contributed by atoms with Crippen LogP contribution >= 0.6 is 0 Å². The van der Waals surface area contributed by atoms with Crippen molar-refractivity contribution >= 4 is 16.3 Å². The van der Waals surface area contributed by atoms with Gasteiger partial charge in [-0.1, -0.05) is 60.2 Å². The Kier molecular flexibility index (Phi) is 1.98. The van der Waals surface area contributed by atoms with E-state index in [1.165, 1.54) is 22.8 Å². The van der Waals surface area contributed by atoms with Gasteiger partial charge in [0.15, 0.2) is 0 Å². The van der Waals surface area contributed by atoms with E-state index in [0.717, 1.165) is 23.7 Å². The van der Waals surface area contributed by atoms with Gasteiger partial charge in [-0.05, 0) is 58.9 Å². The molecule has 3 aliphatic rings. The predicted octanol–water partition coefficient (Wildman–Crippen LogP) is 5.07. The van der Waals surface area contributed by atoms with Crippen molar-refractivity contribution in [1.29, 1.82) is 0 Å². The molecule has 0 N–H and O–H groups in total. The van der Waals surface area contributed by atoms with Gasteiger partial charge in [-0.25, -0.2) is 0 Å². The molecule has 2 bridgehead atoms. The molecule has 0 amide bonds. The van der Waals surface area contributed by atoms with Gasteiger partial charge in [0.25, 0.3) is 0 Å². The number of allylic oxidation sites excluding steroid dienone is 4. The highest BCUT2D eigenvalue weighted by atomic mass is 14.6. The Morgan fingerprint density at radius 2 is 1.60 bits per heavy atom. The molecule has 3 aliphatic carbocycles. The zero-order chi connectivity index (χ0) is 13.3. The van der Waals surface area contributed by atoms with E-state index < -0.39 is 0 Å². The van der Waals surface area contributed by atoms with E-state index in [-0.39, 0.29) is 0 Å². The Bertz CT molecular complexity index is 772. The molecule has 20 heavy (non-hydrogen) atoms. The molecule has 98 valence electrons. The van der Waals surface area contributed by atoms with Gasteiger partial charge in [-0.15, -0.1) is 0 Å². The van der Waals surface area contributed by atoms with Crippen LogP contribution in [0.5, 0.6) is 0 Å². The van der Waals surface area contributed by atoms with Gasteiger partial charge in [0.05, 0.1) is 0 Å². The van der Waals surface area contributed by atoms with E-state index in [0.29, 0.717) is 0 Å². The molecule has 0 saturated heterocycles. The summed E-state index contributed by atoms with van der Waals surface area (Å²) < 4.78 is 0. The zero-order valence-electron chi connectivity index (χ0n) is 11.7. The van der Waals surface area contributed by atoms with Crippen LogP contribution in [-0.4, -0.2) is 0 Å². The second-order valence-electron chi connectivity index (χ2n) is 6.62. The minimum atomic E-state index is 0.802. The number of hydrogen-bond donors (Lipinski definition) is 0. The summed E-state index contributed by atoms with van der Waals surface area (Å²) in [5.41, 5.74) is 4.80. The first-order valence-electron chi connectivity index (χ1n) is 7.72. The highest BCUT2D eigenvalue weighted by Gasteiger charge is 2.53. The van der Waals surface area contributed by atoms with Crippen molar-refractivity contribution in [1.82, 2.24) is 0 Å². The zero-order valence-corrected chi connectivity index (χ0v) is 11.7. The van der Waals surface area contributed by atoms with Crippen molar-refractivity contribution in [2.45, 2.75) is 13.3 Å². The van der Waals surface area contributed by atoms with Crippen LogP contribution in [0.3, 0.4) is 0 Å². The Hall–Kier alpha value is -1.82. The van der Waals surface area contributed by atoms with E-state index in [1.54, 1.807) is 11.1 Å². The molecule has 0 heteroatoms. The number of fused-ring (bicyclic) bond motifs is 6. The molecule has 0 aromatic heterocycles. The molecule has 1 saturated carbocycles. The Morgan fingerprint density at radius 3 is 2.50 bits per heavy atom. The van der Waals surface area contributed by atoms with Gasteiger partial charge >= 0.3 is 0 Å². The van der Waals surface area contributed by atoms with Crippen molar-refractivity contribution in [2.24, 2.45) is 23.7 Å². The maximum atomic E-state index is 2.48. The fourth-order valence-electron chi connectivity index (χ4n) is 5.00. The van der Waals surface area contributed by atoms with Crippen molar-refractivity contribution in [3.8, 4) is 0 Å². The van der Waals surface area contributed by atoms with Crippen LogP contribution < -0.4 is 0 Å². The summed E-state index contributed by atoms with van der Waals surface area (Å²) in [6.45, 7) is 2.37. The molecule has 2 aromatic rings. The highest BCUT2D eigenvalue weighted by molar-refractivity contribution is 5.97. The first-order valence-corrected chi connectivity index (χ1v) is 7.72. The minimum Gasteiger partial charge on any atom is -0.0845 e. The van der Waals surface area contributed by atoms with Crippen molar-refractivity contribution < 1.29 is 0 Å². The smallest absolute Gasteiger partial charge is 0.00217 e. The topological polar surface area (TPSA) is 0 Å². The summed E-state index contributed by atoms with van der Waals surface area (Å²) in [5.74, 6) is 3.29. The summed E-state index contributed by atoms with van der Waals surface area (Å²) in [5, 5.41) is 2.79. The van der Waals surface area contributed by atoms with Crippen molar-refractivity contribution in [3.05, 3.63) is 65.8 Å². The lowest BCUT2D eigenvalue weighted by molar-refractivity contribution is 0.391. The maximum Gasteiger partial charge on any atom is -0.00217 e. The second-order valence-corrected chi connectivity index (χ2v) is 6.62. The molecule has 4 unspecified atom stereocenters. The van der Waals surface area contributed by atoms with E-state index in [2.05, 4.69) is 61.5 Å². The lowest BCUT2D eigenvalue weighted by Gasteiger charge is -2.42. The average molecular weight is 258 g/mol. The summed E-state index contributed by atoms with van der Waals surface area (Å²) in [6, 6.07) is 15.6. The highest BCUT2D eigenvalue weighted by Crippen LogP contribution is 2.63. The molecule has 1 fully saturated rings. The molecule has 0 aliphatic heterocycles. The lowest BCUT2D eigenvalue weighted by atomic mass is 9.61. The van der Waals surface area contributed by atoms with Gasteiger partial charge in [-0.3, -0.25) is 0 Å². The molecular weight excluding hydrogens is 240 g/mol. The molecule has 4 atom stereocenters. The third-order valence-electron chi connectivity index (χ3n) is 5.80. The van der Waals surface area contributed by atoms with Crippen LogP contribution in [0.4, 0.5) is 0 Å². The van der Waals surface area contributed by atoms with E-state index in [1.807, 2.05) is 0 Å². The van der Waals surface area contributed by atoms with Crippen LogP contribution in [0.1, 0.15) is 18.9 Å². The Labute approximate surface area is 119 Å². The monoisotopic (exact) mass is 258 g/mol. The first-order chi connectivity index (χ1) is 9.84. The third kappa shape index (κ3) is 1.18. The van der Waals surface area contributed by atoms with Gasteiger partial charge < -0.3 is 0 Å². The predicted molar refractivity (Wildman–Crippen MR) is 84.3 cm³/mol. The van der Waals surface area contributed by atoms with Gasteiger partial charge in [0, 0.05) is 0 Å². The van der Waals surface area contributed by atoms with Crippen molar-refractivity contribution in [2.75, 3.05) is 0 Å². The third-order valence-corrected chi connectivity index (χ3v) is 5.80. The average Bonchev–Trinajstić information content (AvgIpc) is 3.05. The van der Waals surface area contributed by atoms with E-state index in [4.69, 9.17) is 0 Å². The summed E-state index contributed by atoms with van der Waals surface area (Å²) in [6.07, 6.45) is 6.33. The fraction of sp³-hybridized carbons (Fsp3) is 0.300. The van der Waals surface area contributed by atoms with E-state index in [9.17, 15) is 0 Å². The summed E-state index contributed by atoms with van der Waals surface area (Å²) >= 11 is 0. The number of rotatable bonds is 1. The van der Waals surface area contributed by atoms with Crippen LogP contribution in [0.15, 0.2) is 60.2 Å². The van der Waals surface area contributed by atoms with Gasteiger partial charge in [0.2, 0.25) is 0 Å². The normalized spacial score (nSPS) is 33.6. The molecule has 0 radical (unpaired) electrons. The van der Waals surface area contributed by atoms with Crippen LogP contribution in [-0.2, 0) is 0 Å². The summed E-state index contributed by atoms with van der Waals surface area (Å²) in [4.78, 5) is 0. The molecule has 2 aromatic carbocycles. The molecule has 0 heterocycles. The fourth-order valence-corrected chi connectivity index (χ4v) is 5.00. The Morgan fingerprint density at radius 1 is 0.850 bits per heavy atom. The number of benzene rings is 2. The number of hydrogen-bond acceptors (Lipinski definition) is 0. The largest absolute Gasteiger partial charge is 0.0845 e. The van der Waals surface area contributed by atoms with Crippen LogP contribution in [0.2, 0.25) is 0 Å². The molecule has 5 rings (SSSR count). The van der Waals surface area contributed by atoms with E-state index >= 15 is 0 Å². The van der Waals surface area contributed by atoms with Gasteiger partial charge in [0.1, 0.15) is 0 Å². The maximum absolute atomic E-state index is 2.48. The van der Waals surface area contributed by atoms with Crippen molar-refractivity contribution in [3.63, 3.8) is 0 Å². The summed E-state index contributed by atoms with van der Waals surface area (Å²) in [7, 11) is 0. The first kappa shape index (κ1) is 10.9. The minimum absolute atomic E-state index is 0.802. The molecular formula is C20H18. The lowest BCUT2D eigenvalue weighted by Crippen LogP contribution is -2.32. The molecule has 0 spiro atoms.